The van der Waals surface area contributed by atoms with Gasteiger partial charge in [0.15, 0.2) is 0 Å². The molecule has 2 heterocycles. The number of rotatable bonds is 4. The predicted octanol–water partition coefficient (Wildman–Crippen LogP) is 4.10. The molecule has 1 aliphatic rings. The third kappa shape index (κ3) is 3.93. The molecule has 0 fully saturated rings. The number of hydrogen-bond acceptors (Lipinski definition) is 4. The minimum Gasteiger partial charge on any atom is -0.507 e. The van der Waals surface area contributed by atoms with Gasteiger partial charge in [0.2, 0.25) is 0 Å². The van der Waals surface area contributed by atoms with Crippen LogP contribution in [0.5, 0.6) is 5.75 Å². The van der Waals surface area contributed by atoms with Crippen molar-refractivity contribution in [3.8, 4) is 11.4 Å². The third-order valence-corrected chi connectivity index (χ3v) is 5.72. The number of benzene rings is 2. The Morgan fingerprint density at radius 1 is 1.28 bits per heavy atom. The van der Waals surface area contributed by atoms with Gasteiger partial charge in [-0.1, -0.05) is 6.07 Å². The van der Waals surface area contributed by atoms with Gasteiger partial charge in [0, 0.05) is 18.0 Å². The molecule has 0 aliphatic carbocycles. The number of phenols is 1. The number of aromatic nitrogens is 2. The first-order valence-corrected chi connectivity index (χ1v) is 10.5. The largest absolute Gasteiger partial charge is 0.507 e. The van der Waals surface area contributed by atoms with E-state index in [0.717, 1.165) is 40.4 Å². The van der Waals surface area contributed by atoms with Gasteiger partial charge in [0.25, 0.3) is 0 Å². The molecular formula is C21H21FN4O2S. The molecule has 150 valence electrons. The number of nitrogens with zero attached hydrogens (tertiary/aromatic N) is 3. The second-order valence-corrected chi connectivity index (χ2v) is 7.63. The summed E-state index contributed by atoms with van der Waals surface area (Å²) in [5, 5.41) is 17.3. The number of aromatic hydroxyl groups is 1. The molecule has 0 bridgehead atoms. The van der Waals surface area contributed by atoms with Gasteiger partial charge in [-0.05, 0) is 61.1 Å². The average Bonchev–Trinajstić information content (AvgIpc) is 3.17. The lowest BCUT2D eigenvalue weighted by molar-refractivity contribution is 0.245. The van der Waals surface area contributed by atoms with Crippen LogP contribution in [0.15, 0.2) is 53.6 Å². The summed E-state index contributed by atoms with van der Waals surface area (Å²) in [6.07, 6.45) is 5.18. The average molecular weight is 412 g/mol. The molecule has 29 heavy (non-hydrogen) atoms. The van der Waals surface area contributed by atoms with Crippen molar-refractivity contribution in [2.45, 2.75) is 24.3 Å². The highest BCUT2D eigenvalue weighted by molar-refractivity contribution is 7.98. The maximum Gasteiger partial charge on any atom is 0.322 e. The second kappa shape index (κ2) is 8.16. The number of carbonyl (C=O) groups excluding carboxylic acids is 1. The third-order valence-electron chi connectivity index (χ3n) is 4.94. The summed E-state index contributed by atoms with van der Waals surface area (Å²) in [6, 6.07) is 11.3. The number of phenolic OH excluding ortho intramolecular Hbond substituents is 1. The molecule has 0 atom stereocenters. The van der Waals surface area contributed by atoms with Crippen molar-refractivity contribution in [1.82, 2.24) is 15.1 Å². The molecule has 3 aromatic rings. The monoisotopic (exact) mass is 412 g/mol. The van der Waals surface area contributed by atoms with Gasteiger partial charge in [-0.2, -0.15) is 5.10 Å². The van der Waals surface area contributed by atoms with Gasteiger partial charge < -0.3 is 10.4 Å². The van der Waals surface area contributed by atoms with Crippen LogP contribution in [0, 0.1) is 5.82 Å². The van der Waals surface area contributed by atoms with E-state index in [2.05, 4.69) is 10.4 Å². The zero-order chi connectivity index (χ0) is 20.4. The zero-order valence-corrected chi connectivity index (χ0v) is 16.7. The van der Waals surface area contributed by atoms with Crippen LogP contribution in [0.25, 0.3) is 5.69 Å². The maximum absolute atomic E-state index is 13.2. The quantitative estimate of drug-likeness (QED) is 0.633. The molecular weight excluding hydrogens is 391 g/mol. The van der Waals surface area contributed by atoms with E-state index in [4.69, 9.17) is 0 Å². The highest BCUT2D eigenvalue weighted by Crippen LogP contribution is 2.30. The SMILES string of the molecule is CSc1ccc(CNC(=O)N2CCCc3c2cnn3-c2ccc(F)cc2)cc1O. The van der Waals surface area contributed by atoms with E-state index < -0.39 is 0 Å². The molecule has 0 spiro atoms. The van der Waals surface area contributed by atoms with E-state index >= 15 is 0 Å². The minimum atomic E-state index is -0.299. The van der Waals surface area contributed by atoms with E-state index in [1.165, 1.54) is 23.9 Å². The molecule has 0 radical (unpaired) electrons. The molecule has 2 aromatic carbocycles. The van der Waals surface area contributed by atoms with Crippen LogP contribution in [0.3, 0.4) is 0 Å². The lowest BCUT2D eigenvalue weighted by atomic mass is 10.1. The Kier molecular flexibility index (Phi) is 5.44. The number of halogens is 1. The van der Waals surface area contributed by atoms with Gasteiger partial charge in [-0.3, -0.25) is 4.90 Å². The molecule has 2 amide bonds. The van der Waals surface area contributed by atoms with E-state index in [9.17, 15) is 14.3 Å². The topological polar surface area (TPSA) is 70.4 Å². The Labute approximate surface area is 172 Å². The Hall–Kier alpha value is -3.00. The first kappa shape index (κ1) is 19.3. The summed E-state index contributed by atoms with van der Waals surface area (Å²) in [6.45, 7) is 0.920. The number of carbonyl (C=O) groups is 1. The molecule has 6 nitrogen and oxygen atoms in total. The Morgan fingerprint density at radius 2 is 2.07 bits per heavy atom. The van der Waals surface area contributed by atoms with E-state index in [1.54, 1.807) is 34.0 Å². The smallest absolute Gasteiger partial charge is 0.322 e. The van der Waals surface area contributed by atoms with Gasteiger partial charge in [-0.15, -0.1) is 11.8 Å². The number of fused-ring (bicyclic) bond motifs is 1. The number of urea groups is 1. The molecule has 0 unspecified atom stereocenters. The van der Waals surface area contributed by atoms with E-state index in [-0.39, 0.29) is 17.6 Å². The fourth-order valence-electron chi connectivity index (χ4n) is 3.48. The van der Waals surface area contributed by atoms with Crippen molar-refractivity contribution in [2.75, 3.05) is 17.7 Å². The molecule has 2 N–H and O–H groups in total. The van der Waals surface area contributed by atoms with Crippen LogP contribution in [-0.2, 0) is 13.0 Å². The van der Waals surface area contributed by atoms with Crippen LogP contribution in [-0.4, -0.2) is 33.7 Å². The van der Waals surface area contributed by atoms with Crippen molar-refractivity contribution in [3.05, 3.63) is 65.7 Å². The normalized spacial score (nSPS) is 13.2. The summed E-state index contributed by atoms with van der Waals surface area (Å²) < 4.78 is 15.0. The molecule has 1 aromatic heterocycles. The van der Waals surface area contributed by atoms with Crippen molar-refractivity contribution in [1.29, 1.82) is 0 Å². The van der Waals surface area contributed by atoms with Gasteiger partial charge >= 0.3 is 6.03 Å². The number of nitrogens with one attached hydrogen (secondary N) is 1. The first-order valence-electron chi connectivity index (χ1n) is 9.31. The molecule has 0 saturated heterocycles. The van der Waals surface area contributed by atoms with Crippen LogP contribution < -0.4 is 10.2 Å². The number of hydrogen-bond donors (Lipinski definition) is 2. The maximum atomic E-state index is 13.2. The highest BCUT2D eigenvalue weighted by Gasteiger charge is 2.26. The summed E-state index contributed by atoms with van der Waals surface area (Å²) >= 11 is 1.47. The van der Waals surface area contributed by atoms with Gasteiger partial charge in [0.1, 0.15) is 11.6 Å². The lowest BCUT2D eigenvalue weighted by Gasteiger charge is -2.27. The van der Waals surface area contributed by atoms with Crippen molar-refractivity contribution >= 4 is 23.5 Å². The van der Waals surface area contributed by atoms with Crippen LogP contribution in [0.2, 0.25) is 0 Å². The Bertz CT molecular complexity index is 1040. The summed E-state index contributed by atoms with van der Waals surface area (Å²) in [5.41, 5.74) is 3.28. The van der Waals surface area contributed by atoms with Crippen molar-refractivity contribution in [2.24, 2.45) is 0 Å². The van der Waals surface area contributed by atoms with Crippen molar-refractivity contribution in [3.63, 3.8) is 0 Å². The summed E-state index contributed by atoms with van der Waals surface area (Å²) in [7, 11) is 0. The number of anilines is 1. The Morgan fingerprint density at radius 3 is 2.79 bits per heavy atom. The molecule has 8 heteroatoms. The fourth-order valence-corrected chi connectivity index (χ4v) is 3.96. The van der Waals surface area contributed by atoms with Crippen LogP contribution in [0.4, 0.5) is 14.9 Å². The van der Waals surface area contributed by atoms with E-state index in [0.29, 0.717) is 13.1 Å². The zero-order valence-electron chi connectivity index (χ0n) is 15.9. The highest BCUT2D eigenvalue weighted by atomic mass is 32.2. The van der Waals surface area contributed by atoms with E-state index in [1.807, 2.05) is 18.4 Å². The standard InChI is InChI=1S/C21H21FN4O2S/c1-29-20-9-4-14(11-19(20)27)12-23-21(28)25-10-2-3-17-18(25)13-24-26(17)16-7-5-15(22)6-8-16/h4-9,11,13,27H,2-3,10,12H2,1H3,(H,23,28). The fraction of sp³-hybridized carbons (Fsp3) is 0.238. The minimum absolute atomic E-state index is 0.210. The lowest BCUT2D eigenvalue weighted by Crippen LogP contribution is -2.42. The first-order chi connectivity index (χ1) is 14.1. The predicted molar refractivity (Wildman–Crippen MR) is 111 cm³/mol. The summed E-state index contributed by atoms with van der Waals surface area (Å²) in [5.74, 6) is -0.0857. The molecule has 1 aliphatic heterocycles. The summed E-state index contributed by atoms with van der Waals surface area (Å²) in [4.78, 5) is 15.3. The number of amides is 2. The van der Waals surface area contributed by atoms with Crippen molar-refractivity contribution < 1.29 is 14.3 Å². The van der Waals surface area contributed by atoms with Crippen LogP contribution >= 0.6 is 11.8 Å². The number of thioether (sulfide) groups is 1. The van der Waals surface area contributed by atoms with Crippen LogP contribution in [0.1, 0.15) is 17.7 Å². The van der Waals surface area contributed by atoms with Gasteiger partial charge in [0.05, 0.1) is 23.3 Å². The van der Waals surface area contributed by atoms with Gasteiger partial charge in [-0.25, -0.2) is 13.9 Å². The second-order valence-electron chi connectivity index (χ2n) is 6.78. The Balaban J connectivity index is 1.50. The molecule has 4 rings (SSSR count). The molecule has 0 saturated carbocycles.